The summed E-state index contributed by atoms with van der Waals surface area (Å²) < 4.78 is 4.43. The van der Waals surface area contributed by atoms with Gasteiger partial charge in [-0.2, -0.15) is 21.5 Å². The van der Waals surface area contributed by atoms with E-state index in [0.29, 0.717) is 6.42 Å². The monoisotopic (exact) mass is 396 g/mol. The van der Waals surface area contributed by atoms with Gasteiger partial charge in [0.15, 0.2) is 12.4 Å². The molecule has 0 bridgehead atoms. The van der Waals surface area contributed by atoms with Gasteiger partial charge in [0.2, 0.25) is 5.69 Å². The molecule has 0 fully saturated rings. The van der Waals surface area contributed by atoms with Crippen molar-refractivity contribution in [3.8, 4) is 6.07 Å². The Balaban J connectivity index is 0.00000157. The summed E-state index contributed by atoms with van der Waals surface area (Å²) in [4.78, 5) is 0. The Bertz CT molecular complexity index is 1070. The van der Waals surface area contributed by atoms with Gasteiger partial charge in [0.05, 0.1) is 17.3 Å². The van der Waals surface area contributed by atoms with Crippen LogP contribution in [0.2, 0.25) is 0 Å². The SMILES string of the molecule is [CH-]=CC1=[C-]c2cccc[n+]2C12C1=C(CC(C#N)=C1)c1cccc[n+]12.[Y]. The van der Waals surface area contributed by atoms with E-state index >= 15 is 0 Å². The van der Waals surface area contributed by atoms with Crippen LogP contribution in [0.3, 0.4) is 0 Å². The minimum Gasteiger partial charge on any atom is -0.360 e. The van der Waals surface area contributed by atoms with Gasteiger partial charge >= 0.3 is 5.66 Å². The van der Waals surface area contributed by atoms with E-state index in [2.05, 4.69) is 39.7 Å². The predicted molar refractivity (Wildman–Crippen MR) is 86.6 cm³/mol. The molecule has 0 N–H and O–H groups in total. The zero-order valence-electron chi connectivity index (χ0n) is 13.5. The molecule has 1 aliphatic carbocycles. The standard InChI is InChI=1S/C21H13N3.Y/c1-2-16-13-17-7-3-5-9-23(17)21(16)19-12-15(14-22)11-18(19)20-8-4-6-10-24(20)21;/h1-10,12H,11H2;. The third-order valence-electron chi connectivity index (χ3n) is 5.06. The Morgan fingerprint density at radius 3 is 2.68 bits per heavy atom. The largest absolute Gasteiger partial charge is 0.360 e. The van der Waals surface area contributed by atoms with E-state index in [9.17, 15) is 5.26 Å². The molecule has 4 heterocycles. The van der Waals surface area contributed by atoms with Crippen molar-refractivity contribution >= 4 is 5.57 Å². The molecule has 0 saturated carbocycles. The molecule has 0 aromatic carbocycles. The number of rotatable bonds is 1. The maximum Gasteiger partial charge on any atom is 0.333 e. The van der Waals surface area contributed by atoms with Crippen LogP contribution < -0.4 is 9.13 Å². The maximum atomic E-state index is 9.41. The summed E-state index contributed by atoms with van der Waals surface area (Å²) >= 11 is 0. The van der Waals surface area contributed by atoms with Gasteiger partial charge in [0.25, 0.3) is 0 Å². The van der Waals surface area contributed by atoms with Gasteiger partial charge in [0, 0.05) is 62.4 Å². The predicted octanol–water partition coefficient (Wildman–Crippen LogP) is 2.16. The van der Waals surface area contributed by atoms with Crippen molar-refractivity contribution in [1.82, 2.24) is 0 Å². The van der Waals surface area contributed by atoms with Crippen LogP contribution in [0, 0.1) is 24.0 Å². The normalized spacial score (nSPS) is 21.7. The first-order valence-electron chi connectivity index (χ1n) is 7.87. The second kappa shape index (κ2) is 5.69. The first-order chi connectivity index (χ1) is 11.8. The molecule has 25 heavy (non-hydrogen) atoms. The van der Waals surface area contributed by atoms with Crippen LogP contribution in [0.15, 0.2) is 77.7 Å². The Morgan fingerprint density at radius 2 is 1.92 bits per heavy atom. The fourth-order valence-electron chi connectivity index (χ4n) is 4.17. The van der Waals surface area contributed by atoms with Crippen molar-refractivity contribution in [1.29, 1.82) is 5.26 Å². The van der Waals surface area contributed by atoms with Crippen LogP contribution in [0.1, 0.15) is 17.8 Å². The number of hydrogen-bond donors (Lipinski definition) is 0. The van der Waals surface area contributed by atoms with Crippen LogP contribution in [-0.4, -0.2) is 0 Å². The molecule has 2 aromatic rings. The van der Waals surface area contributed by atoms with Gasteiger partial charge in [0.1, 0.15) is 0 Å². The zero-order chi connectivity index (χ0) is 16.3. The molecule has 1 radical (unpaired) electrons. The number of aromatic nitrogens is 2. The molecule has 3 nitrogen and oxygen atoms in total. The number of pyridine rings is 2. The summed E-state index contributed by atoms with van der Waals surface area (Å²) in [6.45, 7) is 6.02. The van der Waals surface area contributed by atoms with E-state index in [1.807, 2.05) is 36.4 Å². The number of nitriles is 1. The molecule has 115 valence electrons. The van der Waals surface area contributed by atoms with E-state index < -0.39 is 5.66 Å². The molecule has 4 heteroatoms. The second-order valence-electron chi connectivity index (χ2n) is 6.14. The van der Waals surface area contributed by atoms with Crippen molar-refractivity contribution in [3.63, 3.8) is 0 Å². The Hall–Kier alpha value is -2.15. The molecule has 3 aliphatic rings. The molecule has 2 aliphatic heterocycles. The molecule has 1 atom stereocenters. The van der Waals surface area contributed by atoms with Gasteiger partial charge in [-0.15, -0.1) is 10.6 Å². The smallest absolute Gasteiger partial charge is 0.333 e. The first-order valence-corrected chi connectivity index (χ1v) is 7.87. The number of allylic oxidation sites excluding steroid dienone is 6. The zero-order valence-corrected chi connectivity index (χ0v) is 16.3. The average molecular weight is 396 g/mol. The van der Waals surface area contributed by atoms with E-state index in [0.717, 1.165) is 28.1 Å². The van der Waals surface area contributed by atoms with Crippen LogP contribution >= 0.6 is 0 Å². The third kappa shape index (κ3) is 1.87. The summed E-state index contributed by atoms with van der Waals surface area (Å²) in [6.07, 6.45) is 11.9. The molecule has 0 saturated heterocycles. The average Bonchev–Trinajstić information content (AvgIpc) is 3.27. The van der Waals surface area contributed by atoms with Crippen molar-refractivity contribution in [2.24, 2.45) is 0 Å². The van der Waals surface area contributed by atoms with Crippen molar-refractivity contribution in [2.45, 2.75) is 12.1 Å². The van der Waals surface area contributed by atoms with Crippen LogP contribution in [0.25, 0.3) is 5.57 Å². The van der Waals surface area contributed by atoms with Gasteiger partial charge in [-0.3, -0.25) is 0 Å². The maximum absolute atomic E-state index is 9.41. The fourth-order valence-corrected chi connectivity index (χ4v) is 4.17. The summed E-state index contributed by atoms with van der Waals surface area (Å²) in [5.74, 6) is 0. The van der Waals surface area contributed by atoms with E-state index in [-0.39, 0.29) is 32.7 Å². The van der Waals surface area contributed by atoms with Gasteiger partial charge in [-0.25, -0.2) is 0 Å². The molecule has 0 amide bonds. The number of hydrogen-bond acceptors (Lipinski definition) is 1. The van der Waals surface area contributed by atoms with E-state index in [1.165, 1.54) is 5.57 Å². The fraction of sp³-hybridized carbons (Fsp3) is 0.0952. The van der Waals surface area contributed by atoms with E-state index in [1.54, 1.807) is 6.08 Å². The molecule has 2 aromatic heterocycles. The molecule has 1 unspecified atom stereocenters. The van der Waals surface area contributed by atoms with Gasteiger partial charge in [-0.1, -0.05) is 6.07 Å². The van der Waals surface area contributed by atoms with Crippen molar-refractivity contribution < 1.29 is 41.8 Å². The number of fused-ring (bicyclic) bond motifs is 6. The van der Waals surface area contributed by atoms with Crippen LogP contribution in [0.5, 0.6) is 0 Å². The van der Waals surface area contributed by atoms with Crippen LogP contribution in [-0.2, 0) is 38.4 Å². The van der Waals surface area contributed by atoms with Gasteiger partial charge in [-0.05, 0) is 18.2 Å². The Morgan fingerprint density at radius 1 is 1.16 bits per heavy atom. The van der Waals surface area contributed by atoms with Crippen molar-refractivity contribution in [2.75, 3.05) is 0 Å². The summed E-state index contributed by atoms with van der Waals surface area (Å²) in [5.41, 5.74) is 5.50. The Labute approximate surface area is 171 Å². The molecular weight excluding hydrogens is 383 g/mol. The Kier molecular flexibility index (Phi) is 3.72. The quantitative estimate of drug-likeness (QED) is 0.537. The summed E-state index contributed by atoms with van der Waals surface area (Å²) in [7, 11) is 0. The summed E-state index contributed by atoms with van der Waals surface area (Å²) in [5, 5.41) is 9.41. The molecule has 1 spiro atoms. The van der Waals surface area contributed by atoms with E-state index in [4.69, 9.17) is 6.58 Å². The van der Waals surface area contributed by atoms with Crippen LogP contribution in [0.4, 0.5) is 0 Å². The van der Waals surface area contributed by atoms with Crippen molar-refractivity contribution in [3.05, 3.63) is 102 Å². The minimum atomic E-state index is -0.587. The molecule has 5 rings (SSSR count). The molecular formula is C21H13N3Y. The number of nitrogens with zero attached hydrogens (tertiary/aromatic N) is 3. The first kappa shape index (κ1) is 16.3. The second-order valence-corrected chi connectivity index (χ2v) is 6.14. The third-order valence-corrected chi connectivity index (χ3v) is 5.06. The minimum absolute atomic E-state index is 0. The topological polar surface area (TPSA) is 31.5 Å². The van der Waals surface area contributed by atoms with Gasteiger partial charge < -0.3 is 12.7 Å². The summed E-state index contributed by atoms with van der Waals surface area (Å²) in [6, 6.07) is 14.5.